The van der Waals surface area contributed by atoms with Gasteiger partial charge in [-0.05, 0) is 47.4 Å². The molecule has 1 saturated heterocycles. The number of nitrogens with zero attached hydrogens (tertiary/aromatic N) is 2. The molecule has 0 aliphatic carbocycles. The third-order valence-electron chi connectivity index (χ3n) is 7.08. The summed E-state index contributed by atoms with van der Waals surface area (Å²) in [5.41, 5.74) is 6.59. The van der Waals surface area contributed by atoms with Gasteiger partial charge in [0.15, 0.2) is 0 Å². The van der Waals surface area contributed by atoms with Gasteiger partial charge in [-0.25, -0.2) is 0 Å². The zero-order valence-electron chi connectivity index (χ0n) is 19.5. The monoisotopic (exact) mass is 461 g/mol. The second-order valence-corrected chi connectivity index (χ2v) is 9.90. The first-order chi connectivity index (χ1) is 16.1. The van der Waals surface area contributed by atoms with Gasteiger partial charge in [-0.1, -0.05) is 61.0 Å². The average Bonchev–Trinajstić information content (AvgIpc) is 2.85. The maximum absolute atomic E-state index is 6.71. The van der Waals surface area contributed by atoms with Crippen molar-refractivity contribution in [1.29, 1.82) is 0 Å². The summed E-state index contributed by atoms with van der Waals surface area (Å²) in [5, 5.41) is 4.29. The molecule has 1 N–H and O–H groups in total. The van der Waals surface area contributed by atoms with Gasteiger partial charge in [-0.3, -0.25) is 0 Å². The Morgan fingerprint density at radius 1 is 0.970 bits per heavy atom. The summed E-state index contributed by atoms with van der Waals surface area (Å²) in [7, 11) is 1.72. The smallest absolute Gasteiger partial charge is 0.118 e. The second kappa shape index (κ2) is 9.28. The van der Waals surface area contributed by atoms with E-state index in [-0.39, 0.29) is 5.41 Å². The van der Waals surface area contributed by atoms with Gasteiger partial charge in [0.2, 0.25) is 0 Å². The number of nitrogens with one attached hydrogen (secondary N) is 1. The third kappa shape index (κ3) is 4.55. The Labute approximate surface area is 202 Å². The van der Waals surface area contributed by atoms with Crippen molar-refractivity contribution >= 4 is 23.0 Å². The number of methoxy groups -OCH3 is 1. The summed E-state index contributed by atoms with van der Waals surface area (Å²) in [4.78, 5) is 5.03. The first-order valence-corrected chi connectivity index (χ1v) is 12.1. The van der Waals surface area contributed by atoms with E-state index in [0.29, 0.717) is 0 Å². The van der Waals surface area contributed by atoms with Gasteiger partial charge in [0.1, 0.15) is 5.75 Å². The highest BCUT2D eigenvalue weighted by atomic mass is 35.5. The molecule has 0 amide bonds. The lowest BCUT2D eigenvalue weighted by Gasteiger charge is -2.45. The molecule has 0 radical (unpaired) electrons. The molecule has 33 heavy (non-hydrogen) atoms. The summed E-state index contributed by atoms with van der Waals surface area (Å²) in [6.45, 7) is 8.21. The summed E-state index contributed by atoms with van der Waals surface area (Å²) in [5.74, 6) is 0.896. The maximum Gasteiger partial charge on any atom is 0.118 e. The summed E-state index contributed by atoms with van der Waals surface area (Å²) >= 11 is 6.71. The first-order valence-electron chi connectivity index (χ1n) is 11.8. The zero-order chi connectivity index (χ0) is 22.8. The Balaban J connectivity index is 1.60. The minimum Gasteiger partial charge on any atom is -0.497 e. The van der Waals surface area contributed by atoms with Crippen LogP contribution in [-0.2, 0) is 18.4 Å². The van der Waals surface area contributed by atoms with Crippen molar-refractivity contribution in [2.75, 3.05) is 49.6 Å². The predicted molar refractivity (Wildman–Crippen MR) is 138 cm³/mol. The molecule has 1 atom stereocenters. The van der Waals surface area contributed by atoms with Crippen molar-refractivity contribution in [3.63, 3.8) is 0 Å². The molecular formula is C28H32ClN3O. The molecule has 0 aromatic heterocycles. The first kappa shape index (κ1) is 22.1. The molecule has 0 bridgehead atoms. The highest BCUT2D eigenvalue weighted by Crippen LogP contribution is 2.45. The molecule has 0 spiro atoms. The SMILES string of the molecule is COc1ccc(C2(C)Cc3c(N4CCNCC4)cc(Cl)cc3N(Cc3ccccc3)C2)cc1. The van der Waals surface area contributed by atoms with Gasteiger partial charge in [0.25, 0.3) is 0 Å². The van der Waals surface area contributed by atoms with Gasteiger partial charge < -0.3 is 19.9 Å². The Kier molecular flexibility index (Phi) is 6.22. The van der Waals surface area contributed by atoms with Gasteiger partial charge in [0, 0.05) is 61.1 Å². The molecule has 1 fully saturated rings. The normalized spacial score (nSPS) is 20.5. The molecule has 5 heteroatoms. The van der Waals surface area contributed by atoms with E-state index < -0.39 is 0 Å². The van der Waals surface area contributed by atoms with Gasteiger partial charge in [-0.15, -0.1) is 0 Å². The van der Waals surface area contributed by atoms with Crippen LogP contribution in [0.1, 0.15) is 23.6 Å². The number of ether oxygens (including phenoxy) is 1. The highest BCUT2D eigenvalue weighted by Gasteiger charge is 2.38. The maximum atomic E-state index is 6.71. The fourth-order valence-corrected chi connectivity index (χ4v) is 5.55. The van der Waals surface area contributed by atoms with Crippen LogP contribution in [0.15, 0.2) is 66.7 Å². The van der Waals surface area contributed by atoms with Crippen LogP contribution >= 0.6 is 11.6 Å². The van der Waals surface area contributed by atoms with Crippen LogP contribution in [-0.4, -0.2) is 39.8 Å². The van der Waals surface area contributed by atoms with E-state index in [1.54, 1.807) is 7.11 Å². The topological polar surface area (TPSA) is 27.7 Å². The van der Waals surface area contributed by atoms with Crippen molar-refractivity contribution in [3.8, 4) is 5.75 Å². The highest BCUT2D eigenvalue weighted by molar-refractivity contribution is 6.31. The molecule has 2 aliphatic rings. The number of anilines is 2. The van der Waals surface area contributed by atoms with E-state index in [9.17, 15) is 0 Å². The second-order valence-electron chi connectivity index (χ2n) is 9.47. The van der Waals surface area contributed by atoms with Crippen LogP contribution in [0.4, 0.5) is 11.4 Å². The minimum absolute atomic E-state index is 0.0231. The molecule has 2 aliphatic heterocycles. The number of hydrogen-bond donors (Lipinski definition) is 1. The van der Waals surface area contributed by atoms with Crippen molar-refractivity contribution in [2.24, 2.45) is 0 Å². The van der Waals surface area contributed by atoms with Crippen LogP contribution in [0.25, 0.3) is 0 Å². The summed E-state index contributed by atoms with van der Waals surface area (Å²) in [6, 6.07) is 23.7. The number of halogens is 1. The Bertz CT molecular complexity index is 1100. The molecule has 2 heterocycles. The van der Waals surface area contributed by atoms with Crippen LogP contribution in [0.2, 0.25) is 5.02 Å². The van der Waals surface area contributed by atoms with E-state index in [0.717, 1.165) is 56.5 Å². The average molecular weight is 462 g/mol. The van der Waals surface area contributed by atoms with Crippen LogP contribution in [0, 0.1) is 0 Å². The van der Waals surface area contributed by atoms with Crippen LogP contribution in [0.5, 0.6) is 5.75 Å². The molecule has 3 aromatic rings. The van der Waals surface area contributed by atoms with Gasteiger partial charge in [-0.2, -0.15) is 0 Å². The number of rotatable bonds is 5. The van der Waals surface area contributed by atoms with Gasteiger partial charge in [0.05, 0.1) is 7.11 Å². The molecule has 172 valence electrons. The van der Waals surface area contributed by atoms with E-state index in [2.05, 4.69) is 88.8 Å². The Morgan fingerprint density at radius 3 is 2.36 bits per heavy atom. The molecule has 0 saturated carbocycles. The lowest BCUT2D eigenvalue weighted by atomic mass is 9.73. The number of hydrogen-bond acceptors (Lipinski definition) is 4. The fourth-order valence-electron chi connectivity index (χ4n) is 5.34. The van der Waals surface area contributed by atoms with E-state index in [4.69, 9.17) is 16.3 Å². The van der Waals surface area contributed by atoms with E-state index in [1.807, 2.05) is 0 Å². The number of piperazine rings is 1. The van der Waals surface area contributed by atoms with Crippen molar-refractivity contribution in [2.45, 2.75) is 25.3 Å². The quantitative estimate of drug-likeness (QED) is 0.559. The predicted octanol–water partition coefficient (Wildman–Crippen LogP) is 5.28. The van der Waals surface area contributed by atoms with Crippen molar-refractivity contribution in [1.82, 2.24) is 5.32 Å². The standard InChI is InChI=1S/C28H32ClN3O/c1-28(22-8-10-24(33-2)11-9-22)18-25-26(31-14-12-30-13-15-31)16-23(29)17-27(25)32(20-28)19-21-6-4-3-5-7-21/h3-11,16-17,30H,12-15,18-20H2,1-2H3. The van der Waals surface area contributed by atoms with Crippen molar-refractivity contribution in [3.05, 3.63) is 88.4 Å². The van der Waals surface area contributed by atoms with Crippen molar-refractivity contribution < 1.29 is 4.74 Å². The molecule has 4 nitrogen and oxygen atoms in total. The third-order valence-corrected chi connectivity index (χ3v) is 7.29. The summed E-state index contributed by atoms with van der Waals surface area (Å²) in [6.07, 6.45) is 0.983. The largest absolute Gasteiger partial charge is 0.497 e. The lowest BCUT2D eigenvalue weighted by molar-refractivity contribution is 0.411. The molecule has 3 aromatic carbocycles. The fraction of sp³-hybridized carbons (Fsp3) is 0.357. The van der Waals surface area contributed by atoms with Crippen LogP contribution < -0.4 is 19.9 Å². The molecular weight excluding hydrogens is 430 g/mol. The molecule has 5 rings (SSSR count). The van der Waals surface area contributed by atoms with E-state index in [1.165, 1.54) is 28.1 Å². The Hall–Kier alpha value is -2.69. The zero-order valence-corrected chi connectivity index (χ0v) is 20.2. The number of benzene rings is 3. The summed E-state index contributed by atoms with van der Waals surface area (Å²) < 4.78 is 5.42. The minimum atomic E-state index is -0.0231. The van der Waals surface area contributed by atoms with E-state index >= 15 is 0 Å². The van der Waals surface area contributed by atoms with Gasteiger partial charge >= 0.3 is 0 Å². The lowest BCUT2D eigenvalue weighted by Crippen LogP contribution is -2.47. The van der Waals surface area contributed by atoms with Crippen LogP contribution in [0.3, 0.4) is 0 Å². The Morgan fingerprint density at radius 2 is 1.67 bits per heavy atom. The number of fused-ring (bicyclic) bond motifs is 1. The molecule has 1 unspecified atom stereocenters.